The number of nitriles is 1. The first-order valence-electron chi connectivity index (χ1n) is 8.62. The first kappa shape index (κ1) is 17.3. The smallest absolute Gasteiger partial charge is 0.245 e. The van der Waals surface area contributed by atoms with E-state index in [1.54, 1.807) is 0 Å². The van der Waals surface area contributed by atoms with Gasteiger partial charge in [-0.1, -0.05) is 19.0 Å². The van der Waals surface area contributed by atoms with Crippen molar-refractivity contribution in [3.63, 3.8) is 0 Å². The molecule has 0 saturated carbocycles. The van der Waals surface area contributed by atoms with Crippen LogP contribution in [0.3, 0.4) is 0 Å². The van der Waals surface area contributed by atoms with Crippen LogP contribution in [0.5, 0.6) is 0 Å². The molecule has 1 unspecified atom stereocenters. The summed E-state index contributed by atoms with van der Waals surface area (Å²) in [6.07, 6.45) is 1.55. The van der Waals surface area contributed by atoms with Crippen molar-refractivity contribution in [3.8, 4) is 6.07 Å². The van der Waals surface area contributed by atoms with Crippen LogP contribution in [0.25, 0.3) is 0 Å². The number of nitrogens with zero attached hydrogens (tertiary/aromatic N) is 7. The molecule has 0 radical (unpaired) electrons. The zero-order valence-corrected chi connectivity index (χ0v) is 15.2. The number of likely N-dealkylation sites (N-methyl/N-ethyl adjacent to an activating group) is 1. The first-order chi connectivity index (χ1) is 12.1. The Kier molecular flexibility index (Phi) is 4.95. The zero-order chi connectivity index (χ0) is 18.0. The van der Waals surface area contributed by atoms with Crippen LogP contribution in [0.15, 0.2) is 4.52 Å². The van der Waals surface area contributed by atoms with Gasteiger partial charge in [0.2, 0.25) is 5.89 Å². The fraction of sp³-hybridized carbons (Fsp3) is 0.588. The molecule has 0 bridgehead atoms. The molecule has 1 atom stereocenters. The van der Waals surface area contributed by atoms with Crippen molar-refractivity contribution in [3.05, 3.63) is 28.5 Å². The van der Waals surface area contributed by atoms with Crippen LogP contribution in [0.2, 0.25) is 0 Å². The van der Waals surface area contributed by atoms with E-state index in [1.165, 1.54) is 0 Å². The molecule has 2 aromatic rings. The molecule has 8 nitrogen and oxygen atoms in total. The fourth-order valence-electron chi connectivity index (χ4n) is 3.28. The second kappa shape index (κ2) is 7.15. The topological polar surface area (TPSA) is 95.0 Å². The molecule has 8 heteroatoms. The fourth-order valence-corrected chi connectivity index (χ4v) is 3.28. The van der Waals surface area contributed by atoms with Crippen LogP contribution in [-0.2, 0) is 12.8 Å². The number of hydrogen-bond donors (Lipinski definition) is 0. The number of aromatic nitrogens is 4. The van der Waals surface area contributed by atoms with Crippen molar-refractivity contribution in [1.82, 2.24) is 25.2 Å². The minimum absolute atomic E-state index is 0.0285. The molecule has 25 heavy (non-hydrogen) atoms. The van der Waals surface area contributed by atoms with Crippen LogP contribution in [-0.4, -0.2) is 51.9 Å². The van der Waals surface area contributed by atoms with Gasteiger partial charge in [-0.05, 0) is 32.4 Å². The summed E-state index contributed by atoms with van der Waals surface area (Å²) in [5.41, 5.74) is 2.54. The Balaban J connectivity index is 1.95. The van der Waals surface area contributed by atoms with E-state index in [1.807, 2.05) is 20.9 Å². The quantitative estimate of drug-likeness (QED) is 0.828. The third-order valence-corrected chi connectivity index (χ3v) is 4.72. The van der Waals surface area contributed by atoms with E-state index in [4.69, 9.17) is 4.52 Å². The number of rotatable bonds is 4. The minimum Gasteiger partial charge on any atom is -0.351 e. The van der Waals surface area contributed by atoms with Gasteiger partial charge in [-0.25, -0.2) is 0 Å². The maximum absolute atomic E-state index is 9.72. The van der Waals surface area contributed by atoms with Gasteiger partial charge in [0.1, 0.15) is 17.7 Å². The maximum atomic E-state index is 9.72. The number of aryl methyl sites for hydroxylation is 2. The Morgan fingerprint density at radius 3 is 2.64 bits per heavy atom. The highest BCUT2D eigenvalue weighted by atomic mass is 16.5. The van der Waals surface area contributed by atoms with E-state index in [0.717, 1.165) is 37.2 Å². The summed E-state index contributed by atoms with van der Waals surface area (Å²) in [5.74, 6) is 1.88. The molecule has 1 fully saturated rings. The molecule has 3 heterocycles. The van der Waals surface area contributed by atoms with Crippen molar-refractivity contribution in [2.75, 3.05) is 31.6 Å². The molecule has 0 aliphatic carbocycles. The van der Waals surface area contributed by atoms with Crippen molar-refractivity contribution in [1.29, 1.82) is 5.26 Å². The molecule has 0 amide bonds. The third-order valence-electron chi connectivity index (χ3n) is 4.72. The standard InChI is InChI=1S/C17H23N7O/c1-5-12-13(9-18)16(21-20-14(12)6-2)24-8-7-23(4)15(10-24)17-19-11(3)22-25-17/h15H,5-8,10H2,1-4H3. The minimum atomic E-state index is -0.0285. The summed E-state index contributed by atoms with van der Waals surface area (Å²) in [6.45, 7) is 8.12. The molecule has 1 aliphatic rings. The van der Waals surface area contributed by atoms with E-state index < -0.39 is 0 Å². The second-order valence-electron chi connectivity index (χ2n) is 6.27. The third kappa shape index (κ3) is 3.20. The van der Waals surface area contributed by atoms with Gasteiger partial charge in [0.25, 0.3) is 0 Å². The van der Waals surface area contributed by atoms with E-state index >= 15 is 0 Å². The molecule has 0 spiro atoms. The van der Waals surface area contributed by atoms with Crippen molar-refractivity contribution >= 4 is 5.82 Å². The summed E-state index contributed by atoms with van der Waals surface area (Å²) in [7, 11) is 2.04. The predicted octanol–water partition coefficient (Wildman–Crippen LogP) is 1.66. The summed E-state index contributed by atoms with van der Waals surface area (Å²) >= 11 is 0. The van der Waals surface area contributed by atoms with E-state index in [2.05, 4.69) is 43.1 Å². The second-order valence-corrected chi connectivity index (χ2v) is 6.27. The molecular formula is C17H23N7O. The molecule has 3 rings (SSSR count). The highest BCUT2D eigenvalue weighted by Gasteiger charge is 2.32. The van der Waals surface area contributed by atoms with Gasteiger partial charge in [-0.15, -0.1) is 5.10 Å². The number of hydrogen-bond acceptors (Lipinski definition) is 8. The monoisotopic (exact) mass is 341 g/mol. The van der Waals surface area contributed by atoms with Crippen LogP contribution in [0, 0.1) is 18.3 Å². The molecule has 2 aromatic heterocycles. The first-order valence-corrected chi connectivity index (χ1v) is 8.62. The van der Waals surface area contributed by atoms with Gasteiger partial charge in [0, 0.05) is 19.6 Å². The van der Waals surface area contributed by atoms with Gasteiger partial charge >= 0.3 is 0 Å². The average molecular weight is 341 g/mol. The summed E-state index contributed by atoms with van der Waals surface area (Å²) in [5, 5.41) is 22.4. The Bertz CT molecular complexity index is 795. The number of piperazine rings is 1. The van der Waals surface area contributed by atoms with Crippen molar-refractivity contribution < 1.29 is 4.52 Å². The largest absolute Gasteiger partial charge is 0.351 e. The van der Waals surface area contributed by atoms with Gasteiger partial charge in [0.15, 0.2) is 11.6 Å². The zero-order valence-electron chi connectivity index (χ0n) is 15.2. The van der Waals surface area contributed by atoms with E-state index in [9.17, 15) is 5.26 Å². The predicted molar refractivity (Wildman–Crippen MR) is 92.1 cm³/mol. The summed E-state index contributed by atoms with van der Waals surface area (Å²) < 4.78 is 5.37. The van der Waals surface area contributed by atoms with Gasteiger partial charge in [-0.2, -0.15) is 15.3 Å². The van der Waals surface area contributed by atoms with E-state index in [-0.39, 0.29) is 6.04 Å². The van der Waals surface area contributed by atoms with Crippen LogP contribution in [0.1, 0.15) is 48.4 Å². The lowest BCUT2D eigenvalue weighted by Crippen LogP contribution is -2.47. The molecule has 0 N–H and O–H groups in total. The van der Waals surface area contributed by atoms with Crippen LogP contribution < -0.4 is 4.90 Å². The Hall–Kier alpha value is -2.53. The lowest BCUT2D eigenvalue weighted by atomic mass is 10.0. The van der Waals surface area contributed by atoms with Crippen LogP contribution >= 0.6 is 0 Å². The Morgan fingerprint density at radius 2 is 2.04 bits per heavy atom. The van der Waals surface area contributed by atoms with Gasteiger partial charge in [0.05, 0.1) is 5.69 Å². The average Bonchev–Trinajstić information content (AvgIpc) is 3.06. The van der Waals surface area contributed by atoms with Crippen LogP contribution in [0.4, 0.5) is 5.82 Å². The molecule has 132 valence electrons. The van der Waals surface area contributed by atoms with Crippen molar-refractivity contribution in [2.45, 2.75) is 39.7 Å². The highest BCUT2D eigenvalue weighted by Crippen LogP contribution is 2.29. The lowest BCUT2D eigenvalue weighted by molar-refractivity contribution is 0.177. The van der Waals surface area contributed by atoms with Gasteiger partial charge < -0.3 is 9.42 Å². The highest BCUT2D eigenvalue weighted by molar-refractivity contribution is 5.58. The molecule has 0 aromatic carbocycles. The Morgan fingerprint density at radius 1 is 1.24 bits per heavy atom. The molecule has 1 saturated heterocycles. The molecule has 1 aliphatic heterocycles. The summed E-state index contributed by atoms with van der Waals surface area (Å²) in [4.78, 5) is 8.66. The lowest BCUT2D eigenvalue weighted by Gasteiger charge is -2.38. The number of anilines is 1. The SMILES string of the molecule is CCc1nnc(N2CCN(C)C(c3nc(C)no3)C2)c(C#N)c1CC. The summed E-state index contributed by atoms with van der Waals surface area (Å²) in [6, 6.07) is 2.32. The Labute approximate surface area is 147 Å². The molecular weight excluding hydrogens is 318 g/mol. The maximum Gasteiger partial charge on any atom is 0.245 e. The van der Waals surface area contributed by atoms with E-state index in [0.29, 0.717) is 29.6 Å². The van der Waals surface area contributed by atoms with Crippen molar-refractivity contribution in [2.24, 2.45) is 0 Å². The van der Waals surface area contributed by atoms with Gasteiger partial charge in [-0.3, -0.25) is 4.90 Å². The normalized spacial score (nSPS) is 18.4.